The van der Waals surface area contributed by atoms with Gasteiger partial charge in [-0.25, -0.2) is 0 Å². The molecule has 0 saturated carbocycles. The molecule has 84 valence electrons. The van der Waals surface area contributed by atoms with Gasteiger partial charge >= 0.3 is 0 Å². The fraction of sp³-hybridized carbons (Fsp3) is 0.636. The molecule has 1 aliphatic heterocycles. The summed E-state index contributed by atoms with van der Waals surface area (Å²) in [5, 5.41) is 0. The third-order valence-corrected chi connectivity index (χ3v) is 2.23. The maximum atomic E-state index is 11.4. The van der Waals surface area contributed by atoms with Crippen molar-refractivity contribution in [2.75, 3.05) is 27.2 Å². The van der Waals surface area contributed by atoms with E-state index in [0.717, 1.165) is 6.54 Å². The van der Waals surface area contributed by atoms with Gasteiger partial charge in [0.15, 0.2) is 0 Å². The molecule has 0 spiro atoms. The van der Waals surface area contributed by atoms with E-state index in [1.165, 1.54) is 17.1 Å². The van der Waals surface area contributed by atoms with Crippen LogP contribution in [-0.2, 0) is 9.59 Å². The predicted molar refractivity (Wildman–Crippen MR) is 58.2 cm³/mol. The number of amides is 2. The molecule has 0 aliphatic carbocycles. The smallest absolute Gasteiger partial charge is 0.253 e. The summed E-state index contributed by atoms with van der Waals surface area (Å²) in [6, 6.07) is 0. The highest BCUT2D eigenvalue weighted by atomic mass is 16.2. The van der Waals surface area contributed by atoms with E-state index in [1.54, 1.807) is 0 Å². The summed E-state index contributed by atoms with van der Waals surface area (Å²) in [4.78, 5) is 26.1. The van der Waals surface area contributed by atoms with Crippen molar-refractivity contribution in [1.29, 1.82) is 0 Å². The largest absolute Gasteiger partial charge is 0.309 e. The van der Waals surface area contributed by atoms with E-state index in [9.17, 15) is 9.59 Å². The van der Waals surface area contributed by atoms with Crippen LogP contribution < -0.4 is 0 Å². The molecule has 0 radical (unpaired) electrons. The predicted octanol–water partition coefficient (Wildman–Crippen LogP) is 0.499. The number of carbonyl (C=O) groups is 2. The molecular formula is C11H18N2O2. The van der Waals surface area contributed by atoms with Gasteiger partial charge in [0.2, 0.25) is 0 Å². The Hall–Kier alpha value is -1.16. The van der Waals surface area contributed by atoms with Crippen LogP contribution in [0.2, 0.25) is 0 Å². The first-order valence-corrected chi connectivity index (χ1v) is 5.00. The van der Waals surface area contributed by atoms with Gasteiger partial charge in [-0.2, -0.15) is 0 Å². The molecule has 4 heteroatoms. The SMILES string of the molecule is CN(C)CC(C)(C)CN1C(=O)C=CC1=O. The number of nitrogens with zero attached hydrogens (tertiary/aromatic N) is 2. The van der Waals surface area contributed by atoms with Gasteiger partial charge in [0.1, 0.15) is 0 Å². The van der Waals surface area contributed by atoms with E-state index in [1.807, 2.05) is 27.9 Å². The molecule has 1 aliphatic rings. The highest BCUT2D eigenvalue weighted by molar-refractivity contribution is 6.12. The highest BCUT2D eigenvalue weighted by Gasteiger charge is 2.30. The summed E-state index contributed by atoms with van der Waals surface area (Å²) in [7, 11) is 3.96. The quantitative estimate of drug-likeness (QED) is 0.634. The van der Waals surface area contributed by atoms with Crippen LogP contribution in [0.5, 0.6) is 0 Å². The molecule has 0 unspecified atom stereocenters. The zero-order chi connectivity index (χ0) is 11.6. The molecule has 0 fully saturated rings. The van der Waals surface area contributed by atoms with Crippen molar-refractivity contribution in [2.45, 2.75) is 13.8 Å². The zero-order valence-electron chi connectivity index (χ0n) is 9.78. The lowest BCUT2D eigenvalue weighted by Crippen LogP contribution is -2.42. The monoisotopic (exact) mass is 210 g/mol. The first-order valence-electron chi connectivity index (χ1n) is 5.00. The van der Waals surface area contributed by atoms with Gasteiger partial charge in [0.05, 0.1) is 0 Å². The van der Waals surface area contributed by atoms with Gasteiger partial charge in [-0.15, -0.1) is 0 Å². The number of carbonyl (C=O) groups excluding carboxylic acids is 2. The van der Waals surface area contributed by atoms with E-state index in [-0.39, 0.29) is 17.2 Å². The van der Waals surface area contributed by atoms with E-state index in [2.05, 4.69) is 4.90 Å². The van der Waals surface area contributed by atoms with Crippen molar-refractivity contribution in [3.63, 3.8) is 0 Å². The van der Waals surface area contributed by atoms with Gasteiger partial charge in [-0.1, -0.05) is 13.8 Å². The molecule has 0 saturated heterocycles. The first kappa shape index (κ1) is 11.9. The Labute approximate surface area is 90.5 Å². The van der Waals surface area contributed by atoms with Crippen molar-refractivity contribution in [2.24, 2.45) is 5.41 Å². The summed E-state index contributed by atoms with van der Waals surface area (Å²) >= 11 is 0. The van der Waals surface area contributed by atoms with Crippen LogP contribution in [-0.4, -0.2) is 48.8 Å². The van der Waals surface area contributed by atoms with Crippen LogP contribution in [0.1, 0.15) is 13.8 Å². The summed E-state index contributed by atoms with van der Waals surface area (Å²) in [6.45, 7) is 5.40. The summed E-state index contributed by atoms with van der Waals surface area (Å²) < 4.78 is 0. The minimum absolute atomic E-state index is 0.0825. The Balaban J connectivity index is 2.61. The lowest BCUT2D eigenvalue weighted by molar-refractivity contribution is -0.138. The fourth-order valence-electron chi connectivity index (χ4n) is 1.92. The number of rotatable bonds is 4. The lowest BCUT2D eigenvalue weighted by atomic mass is 9.92. The van der Waals surface area contributed by atoms with Gasteiger partial charge in [0, 0.05) is 25.2 Å². The van der Waals surface area contributed by atoms with Crippen LogP contribution in [0.3, 0.4) is 0 Å². The molecule has 0 atom stereocenters. The first-order chi connectivity index (χ1) is 6.82. The third kappa shape index (κ3) is 3.16. The highest BCUT2D eigenvalue weighted by Crippen LogP contribution is 2.20. The second kappa shape index (κ2) is 4.14. The maximum Gasteiger partial charge on any atom is 0.253 e. The molecule has 0 bridgehead atoms. The molecule has 15 heavy (non-hydrogen) atoms. The molecule has 2 amide bonds. The van der Waals surface area contributed by atoms with Crippen molar-refractivity contribution < 1.29 is 9.59 Å². The molecule has 0 aromatic rings. The Bertz CT molecular complexity index is 288. The van der Waals surface area contributed by atoms with Crippen LogP contribution in [0.15, 0.2) is 12.2 Å². The lowest BCUT2D eigenvalue weighted by Gasteiger charge is -2.31. The molecular weight excluding hydrogens is 192 g/mol. The molecule has 0 N–H and O–H groups in total. The van der Waals surface area contributed by atoms with Crippen molar-refractivity contribution in [3.05, 3.63) is 12.2 Å². The third-order valence-electron chi connectivity index (χ3n) is 2.23. The average molecular weight is 210 g/mol. The molecule has 0 aromatic heterocycles. The Morgan fingerprint density at radius 1 is 1.20 bits per heavy atom. The topological polar surface area (TPSA) is 40.6 Å². The summed E-state index contributed by atoms with van der Waals surface area (Å²) in [6.07, 6.45) is 2.65. The van der Waals surface area contributed by atoms with Crippen LogP contribution >= 0.6 is 0 Å². The minimum atomic E-state index is -0.202. The Morgan fingerprint density at radius 2 is 1.67 bits per heavy atom. The maximum absolute atomic E-state index is 11.4. The van der Waals surface area contributed by atoms with Crippen LogP contribution in [0.25, 0.3) is 0 Å². The molecule has 1 rings (SSSR count). The summed E-state index contributed by atoms with van der Waals surface area (Å²) in [5.41, 5.74) is -0.0825. The molecule has 1 heterocycles. The van der Waals surface area contributed by atoms with Crippen LogP contribution in [0, 0.1) is 5.41 Å². The summed E-state index contributed by atoms with van der Waals surface area (Å²) in [5.74, 6) is -0.404. The van der Waals surface area contributed by atoms with Crippen molar-refractivity contribution >= 4 is 11.8 Å². The second-order valence-electron chi connectivity index (χ2n) is 5.00. The normalized spacial score (nSPS) is 17.0. The standard InChI is InChI=1S/C11H18N2O2/c1-11(2,7-12(3)4)8-13-9(14)5-6-10(13)15/h5-6H,7-8H2,1-4H3. The average Bonchev–Trinajstić information content (AvgIpc) is 2.33. The van der Waals surface area contributed by atoms with Gasteiger partial charge < -0.3 is 4.90 Å². The van der Waals surface area contributed by atoms with E-state index in [0.29, 0.717) is 6.54 Å². The number of imide groups is 1. The van der Waals surface area contributed by atoms with Crippen LogP contribution in [0.4, 0.5) is 0 Å². The van der Waals surface area contributed by atoms with Gasteiger partial charge in [-0.3, -0.25) is 14.5 Å². The van der Waals surface area contributed by atoms with E-state index in [4.69, 9.17) is 0 Å². The van der Waals surface area contributed by atoms with Crippen molar-refractivity contribution in [1.82, 2.24) is 9.80 Å². The van der Waals surface area contributed by atoms with E-state index >= 15 is 0 Å². The zero-order valence-corrected chi connectivity index (χ0v) is 9.78. The molecule has 0 aromatic carbocycles. The fourth-order valence-corrected chi connectivity index (χ4v) is 1.92. The Morgan fingerprint density at radius 3 is 2.07 bits per heavy atom. The number of hydrogen-bond donors (Lipinski definition) is 0. The van der Waals surface area contributed by atoms with Crippen molar-refractivity contribution in [3.8, 4) is 0 Å². The minimum Gasteiger partial charge on any atom is -0.309 e. The number of hydrogen-bond acceptors (Lipinski definition) is 3. The molecule has 4 nitrogen and oxygen atoms in total. The Kier molecular flexibility index (Phi) is 3.29. The van der Waals surface area contributed by atoms with E-state index < -0.39 is 0 Å². The second-order valence-corrected chi connectivity index (χ2v) is 5.00. The van der Waals surface area contributed by atoms with Gasteiger partial charge in [0.25, 0.3) is 11.8 Å². The van der Waals surface area contributed by atoms with Gasteiger partial charge in [-0.05, 0) is 19.5 Å².